The van der Waals surface area contributed by atoms with Crippen molar-refractivity contribution >= 4 is 0 Å². The quantitative estimate of drug-likeness (QED) is 0.357. The first-order chi connectivity index (χ1) is 4.66. The van der Waals surface area contributed by atoms with E-state index in [0.29, 0.717) is 12.6 Å². The van der Waals surface area contributed by atoms with E-state index in [1.807, 2.05) is 6.92 Å². The summed E-state index contributed by atoms with van der Waals surface area (Å²) in [7, 11) is 0. The molecule has 0 saturated carbocycles. The molecule has 4 nitrogen and oxygen atoms in total. The van der Waals surface area contributed by atoms with Crippen LogP contribution < -0.4 is 22.5 Å². The molecular formula is C6H18N4. The van der Waals surface area contributed by atoms with E-state index in [1.165, 1.54) is 0 Å². The Morgan fingerprint density at radius 3 is 2.40 bits per heavy atom. The number of nitrogens with two attached hydrogens (primary N) is 3. The highest BCUT2D eigenvalue weighted by Gasteiger charge is 1.97. The van der Waals surface area contributed by atoms with Crippen LogP contribution in [0.2, 0.25) is 0 Å². The Kier molecular flexibility index (Phi) is 5.52. The molecule has 0 aliphatic rings. The zero-order chi connectivity index (χ0) is 7.98. The molecule has 10 heavy (non-hydrogen) atoms. The minimum atomic E-state index is -0.211. The molecule has 0 aliphatic heterocycles. The Bertz CT molecular complexity index is 74.1. The summed E-state index contributed by atoms with van der Waals surface area (Å²) < 4.78 is 0. The maximum atomic E-state index is 5.36. The van der Waals surface area contributed by atoms with E-state index in [9.17, 15) is 0 Å². The summed E-state index contributed by atoms with van der Waals surface area (Å²) in [5, 5.41) is 3.18. The summed E-state index contributed by atoms with van der Waals surface area (Å²) in [5.41, 5.74) is 16.0. The van der Waals surface area contributed by atoms with Crippen LogP contribution in [0.1, 0.15) is 13.3 Å². The fraction of sp³-hybridized carbons (Fsp3) is 1.00. The van der Waals surface area contributed by atoms with Gasteiger partial charge in [0, 0.05) is 12.6 Å². The van der Waals surface area contributed by atoms with Crippen LogP contribution in [0, 0.1) is 0 Å². The fourth-order valence-electron chi connectivity index (χ4n) is 0.580. The van der Waals surface area contributed by atoms with Gasteiger partial charge in [-0.3, -0.25) is 0 Å². The van der Waals surface area contributed by atoms with E-state index < -0.39 is 0 Å². The Morgan fingerprint density at radius 2 is 2.00 bits per heavy atom. The lowest BCUT2D eigenvalue weighted by atomic mass is 10.3. The monoisotopic (exact) mass is 146 g/mol. The third kappa shape index (κ3) is 5.97. The van der Waals surface area contributed by atoms with Gasteiger partial charge in [0.2, 0.25) is 0 Å². The van der Waals surface area contributed by atoms with Gasteiger partial charge in [-0.2, -0.15) is 0 Å². The molecule has 0 aromatic carbocycles. The van der Waals surface area contributed by atoms with Gasteiger partial charge in [0.1, 0.15) is 0 Å². The minimum absolute atomic E-state index is 0.211. The number of hydrogen-bond acceptors (Lipinski definition) is 4. The Hall–Kier alpha value is -0.160. The highest BCUT2D eigenvalue weighted by molar-refractivity contribution is 4.62. The van der Waals surface area contributed by atoms with Gasteiger partial charge >= 0.3 is 0 Å². The smallest absolute Gasteiger partial charge is 0.0533 e. The predicted octanol–water partition coefficient (Wildman–Crippen LogP) is -1.44. The first kappa shape index (κ1) is 9.84. The summed E-state index contributed by atoms with van der Waals surface area (Å²) in [6, 6.07) is 0.360. The second kappa shape index (κ2) is 5.61. The molecule has 0 aliphatic carbocycles. The summed E-state index contributed by atoms with van der Waals surface area (Å²) >= 11 is 0. The van der Waals surface area contributed by atoms with Crippen LogP contribution in [-0.2, 0) is 0 Å². The zero-order valence-electron chi connectivity index (χ0n) is 6.51. The molecule has 1 atom stereocenters. The average molecular weight is 146 g/mol. The number of hydrogen-bond donors (Lipinski definition) is 4. The first-order valence-corrected chi connectivity index (χ1v) is 3.61. The van der Waals surface area contributed by atoms with Gasteiger partial charge in [-0.25, -0.2) is 0 Å². The molecule has 0 spiro atoms. The first-order valence-electron chi connectivity index (χ1n) is 3.61. The third-order valence-electron chi connectivity index (χ3n) is 1.32. The van der Waals surface area contributed by atoms with Crippen LogP contribution in [-0.4, -0.2) is 25.3 Å². The van der Waals surface area contributed by atoms with Gasteiger partial charge in [0.05, 0.1) is 6.17 Å². The molecule has 0 heterocycles. The molecule has 0 radical (unpaired) electrons. The van der Waals surface area contributed by atoms with E-state index in [0.717, 1.165) is 13.0 Å². The lowest BCUT2D eigenvalue weighted by Crippen LogP contribution is -2.39. The van der Waals surface area contributed by atoms with Crippen LogP contribution in [0.3, 0.4) is 0 Å². The highest BCUT2D eigenvalue weighted by atomic mass is 14.9. The molecule has 7 N–H and O–H groups in total. The van der Waals surface area contributed by atoms with Crippen molar-refractivity contribution in [2.24, 2.45) is 17.2 Å². The number of nitrogens with one attached hydrogen (secondary N) is 1. The fourth-order valence-corrected chi connectivity index (χ4v) is 0.580. The second-order valence-corrected chi connectivity index (χ2v) is 2.54. The molecular weight excluding hydrogens is 128 g/mol. The molecule has 0 fully saturated rings. The molecule has 0 aromatic rings. The summed E-state index contributed by atoms with van der Waals surface area (Å²) in [5.74, 6) is 0. The van der Waals surface area contributed by atoms with Gasteiger partial charge in [0.25, 0.3) is 0 Å². The van der Waals surface area contributed by atoms with Gasteiger partial charge in [-0.15, -0.1) is 0 Å². The molecule has 62 valence electrons. The SMILES string of the molecule is CC(CN)NCCC(N)N. The van der Waals surface area contributed by atoms with E-state index in [2.05, 4.69) is 5.32 Å². The largest absolute Gasteiger partial charge is 0.329 e. The molecule has 4 heteroatoms. The molecule has 0 rings (SSSR count). The average Bonchev–Trinajstić information content (AvgIpc) is 1.87. The normalized spacial score (nSPS) is 14.1. The van der Waals surface area contributed by atoms with E-state index >= 15 is 0 Å². The van der Waals surface area contributed by atoms with Crippen LogP contribution in [0.4, 0.5) is 0 Å². The lowest BCUT2D eigenvalue weighted by molar-refractivity contribution is 0.512. The van der Waals surface area contributed by atoms with Crippen molar-refractivity contribution in [2.75, 3.05) is 13.1 Å². The summed E-state index contributed by atoms with van der Waals surface area (Å²) in [4.78, 5) is 0. The predicted molar refractivity (Wildman–Crippen MR) is 43.3 cm³/mol. The summed E-state index contributed by atoms with van der Waals surface area (Å²) in [6.45, 7) is 3.53. The Labute approximate surface area is 62.1 Å². The Morgan fingerprint density at radius 1 is 1.40 bits per heavy atom. The van der Waals surface area contributed by atoms with Crippen molar-refractivity contribution in [1.82, 2.24) is 5.32 Å². The van der Waals surface area contributed by atoms with Crippen LogP contribution >= 0.6 is 0 Å². The van der Waals surface area contributed by atoms with Gasteiger partial charge in [-0.05, 0) is 19.9 Å². The van der Waals surface area contributed by atoms with Crippen LogP contribution in [0.25, 0.3) is 0 Å². The molecule has 0 bridgehead atoms. The van der Waals surface area contributed by atoms with Crippen molar-refractivity contribution in [1.29, 1.82) is 0 Å². The van der Waals surface area contributed by atoms with Crippen molar-refractivity contribution in [3.63, 3.8) is 0 Å². The highest BCUT2D eigenvalue weighted by Crippen LogP contribution is 1.79. The van der Waals surface area contributed by atoms with E-state index in [1.54, 1.807) is 0 Å². The minimum Gasteiger partial charge on any atom is -0.329 e. The third-order valence-corrected chi connectivity index (χ3v) is 1.32. The van der Waals surface area contributed by atoms with Crippen molar-refractivity contribution in [2.45, 2.75) is 25.6 Å². The van der Waals surface area contributed by atoms with Crippen molar-refractivity contribution < 1.29 is 0 Å². The maximum Gasteiger partial charge on any atom is 0.0533 e. The molecule has 0 aromatic heterocycles. The maximum absolute atomic E-state index is 5.36. The number of rotatable bonds is 5. The van der Waals surface area contributed by atoms with Gasteiger partial charge in [-0.1, -0.05) is 0 Å². The van der Waals surface area contributed by atoms with E-state index in [-0.39, 0.29) is 6.17 Å². The van der Waals surface area contributed by atoms with Gasteiger partial charge in [0.15, 0.2) is 0 Å². The lowest BCUT2D eigenvalue weighted by Gasteiger charge is -2.11. The molecule has 0 saturated heterocycles. The second-order valence-electron chi connectivity index (χ2n) is 2.54. The Balaban J connectivity index is 3.03. The standard InChI is InChI=1S/C6H18N4/c1-5(4-7)10-3-2-6(8)9/h5-6,10H,2-4,7-9H2,1H3. The van der Waals surface area contributed by atoms with Gasteiger partial charge < -0.3 is 22.5 Å². The molecule has 0 amide bonds. The van der Waals surface area contributed by atoms with Crippen LogP contribution in [0.5, 0.6) is 0 Å². The summed E-state index contributed by atoms with van der Waals surface area (Å²) in [6.07, 6.45) is 0.585. The zero-order valence-corrected chi connectivity index (χ0v) is 6.51. The topological polar surface area (TPSA) is 90.1 Å². The van der Waals surface area contributed by atoms with Crippen LogP contribution in [0.15, 0.2) is 0 Å². The molecule has 1 unspecified atom stereocenters. The van der Waals surface area contributed by atoms with Crippen molar-refractivity contribution in [3.8, 4) is 0 Å². The van der Waals surface area contributed by atoms with E-state index in [4.69, 9.17) is 17.2 Å². The van der Waals surface area contributed by atoms with Crippen molar-refractivity contribution in [3.05, 3.63) is 0 Å².